The molecule has 1 fully saturated rings. The molecule has 0 bridgehead atoms. The molecule has 9 heteroatoms. The molecule has 3 atom stereocenters. The fourth-order valence-corrected chi connectivity index (χ4v) is 2.27. The second kappa shape index (κ2) is 4.30. The van der Waals surface area contributed by atoms with Gasteiger partial charge < -0.3 is 14.9 Å². The third-order valence-electron chi connectivity index (χ3n) is 3.22. The fraction of sp³-hybridized carbons (Fsp3) is 0.500. The Bertz CT molecular complexity index is 717. The molecule has 0 spiro atoms. The number of aromatic amines is 2. The fourth-order valence-electron chi connectivity index (χ4n) is 2.27. The maximum absolute atomic E-state index is 11.9. The van der Waals surface area contributed by atoms with E-state index < -0.39 is 29.7 Å². The Morgan fingerprint density at radius 2 is 2.32 bits per heavy atom. The molecule has 3 heterocycles. The van der Waals surface area contributed by atoms with Gasteiger partial charge in [0.25, 0.3) is 5.56 Å². The molecule has 102 valence electrons. The zero-order valence-electron chi connectivity index (χ0n) is 9.74. The van der Waals surface area contributed by atoms with E-state index in [1.807, 2.05) is 0 Å². The van der Waals surface area contributed by atoms with Crippen molar-refractivity contribution in [1.82, 2.24) is 19.7 Å². The van der Waals surface area contributed by atoms with Crippen molar-refractivity contribution in [3.8, 4) is 0 Å². The predicted molar refractivity (Wildman–Crippen MR) is 62.6 cm³/mol. The van der Waals surface area contributed by atoms with Gasteiger partial charge in [0.05, 0.1) is 18.9 Å². The zero-order chi connectivity index (χ0) is 13.6. The predicted octanol–water partition coefficient (Wildman–Crippen LogP) is -1.95. The lowest BCUT2D eigenvalue weighted by Gasteiger charge is -2.14. The molecular weight excluding hydrogens is 256 g/mol. The van der Waals surface area contributed by atoms with Crippen LogP contribution in [0.15, 0.2) is 15.8 Å². The number of aliphatic hydroxyl groups is 2. The number of hydrogen-bond donors (Lipinski definition) is 4. The average molecular weight is 268 g/mol. The first-order valence-corrected chi connectivity index (χ1v) is 5.74. The molecule has 19 heavy (non-hydrogen) atoms. The van der Waals surface area contributed by atoms with Gasteiger partial charge in [-0.15, -0.1) is 0 Å². The van der Waals surface area contributed by atoms with E-state index in [9.17, 15) is 14.7 Å². The van der Waals surface area contributed by atoms with Gasteiger partial charge in [-0.2, -0.15) is 5.10 Å². The summed E-state index contributed by atoms with van der Waals surface area (Å²) in [5.41, 5.74) is -0.968. The molecule has 2 aromatic rings. The molecule has 0 amide bonds. The lowest BCUT2D eigenvalue weighted by molar-refractivity contribution is -0.0445. The SMILES string of the molecule is O=c1[nH]c(=O)n([C@H]2C[C@H](O)[C@@H](CO)O2)c2[nH]ncc12. The number of nitrogens with zero attached hydrogens (tertiary/aromatic N) is 2. The number of H-pyrrole nitrogens is 2. The molecule has 2 aromatic heterocycles. The number of aliphatic hydroxyl groups excluding tert-OH is 2. The van der Waals surface area contributed by atoms with Gasteiger partial charge in [0.15, 0.2) is 0 Å². The van der Waals surface area contributed by atoms with Crippen LogP contribution in [0.1, 0.15) is 12.6 Å². The minimum absolute atomic E-state index is 0.144. The highest BCUT2D eigenvalue weighted by atomic mass is 16.5. The van der Waals surface area contributed by atoms with Crippen LogP contribution in [-0.4, -0.2) is 48.8 Å². The summed E-state index contributed by atoms with van der Waals surface area (Å²) in [6, 6.07) is 0. The third-order valence-corrected chi connectivity index (χ3v) is 3.22. The Kier molecular flexibility index (Phi) is 2.73. The maximum Gasteiger partial charge on any atom is 0.332 e. The number of rotatable bonds is 2. The van der Waals surface area contributed by atoms with E-state index in [1.165, 1.54) is 10.8 Å². The Balaban J connectivity index is 2.14. The number of ether oxygens (including phenoxy) is 1. The van der Waals surface area contributed by atoms with E-state index in [4.69, 9.17) is 9.84 Å². The average Bonchev–Trinajstić information content (AvgIpc) is 2.96. The topological polar surface area (TPSA) is 133 Å². The van der Waals surface area contributed by atoms with Crippen molar-refractivity contribution in [3.05, 3.63) is 27.0 Å². The van der Waals surface area contributed by atoms with E-state index in [-0.39, 0.29) is 24.1 Å². The highest BCUT2D eigenvalue weighted by Gasteiger charge is 2.36. The summed E-state index contributed by atoms with van der Waals surface area (Å²) in [6.07, 6.45) is -0.933. The molecule has 0 radical (unpaired) electrons. The molecule has 1 aliphatic heterocycles. The van der Waals surface area contributed by atoms with Gasteiger partial charge in [0.2, 0.25) is 0 Å². The summed E-state index contributed by atoms with van der Waals surface area (Å²) >= 11 is 0. The maximum atomic E-state index is 11.9. The van der Waals surface area contributed by atoms with Crippen LogP contribution in [0.5, 0.6) is 0 Å². The normalized spacial score (nSPS) is 27.2. The molecule has 4 N–H and O–H groups in total. The van der Waals surface area contributed by atoms with Crippen LogP contribution >= 0.6 is 0 Å². The molecule has 3 rings (SSSR count). The lowest BCUT2D eigenvalue weighted by atomic mass is 10.2. The number of nitrogens with one attached hydrogen (secondary N) is 2. The number of fused-ring (bicyclic) bond motifs is 1. The monoisotopic (exact) mass is 268 g/mol. The molecule has 0 unspecified atom stereocenters. The van der Waals surface area contributed by atoms with Crippen molar-refractivity contribution in [2.75, 3.05) is 6.61 Å². The van der Waals surface area contributed by atoms with Crippen LogP contribution < -0.4 is 11.2 Å². The standard InChI is InChI=1S/C10H12N4O5/c15-3-6-5(16)1-7(19-6)14-8-4(2-11-13-8)9(17)12-10(14)18/h2,5-7,15-16H,1,3H2,(H,11,13)(H,12,17,18)/t5-,6+,7+/m0/s1. The first-order chi connectivity index (χ1) is 9.11. The van der Waals surface area contributed by atoms with Crippen LogP contribution in [0.3, 0.4) is 0 Å². The van der Waals surface area contributed by atoms with Crippen LogP contribution in [-0.2, 0) is 4.74 Å². The summed E-state index contributed by atoms with van der Waals surface area (Å²) in [5, 5.41) is 25.2. The van der Waals surface area contributed by atoms with E-state index in [2.05, 4.69) is 15.2 Å². The largest absolute Gasteiger partial charge is 0.394 e. The van der Waals surface area contributed by atoms with Gasteiger partial charge in [-0.25, -0.2) is 4.79 Å². The highest BCUT2D eigenvalue weighted by Crippen LogP contribution is 2.28. The number of hydrogen-bond acceptors (Lipinski definition) is 6. The minimum atomic E-state index is -0.869. The van der Waals surface area contributed by atoms with Crippen molar-refractivity contribution in [2.45, 2.75) is 24.9 Å². The summed E-state index contributed by atoms with van der Waals surface area (Å²) in [4.78, 5) is 25.6. The number of aromatic nitrogens is 4. The van der Waals surface area contributed by atoms with Gasteiger partial charge in [0, 0.05) is 6.42 Å². The van der Waals surface area contributed by atoms with Crippen LogP contribution in [0.2, 0.25) is 0 Å². The van der Waals surface area contributed by atoms with Crippen LogP contribution in [0.25, 0.3) is 11.0 Å². The van der Waals surface area contributed by atoms with Crippen molar-refractivity contribution in [1.29, 1.82) is 0 Å². The minimum Gasteiger partial charge on any atom is -0.394 e. The van der Waals surface area contributed by atoms with Gasteiger partial charge in [-0.05, 0) is 0 Å². The summed E-state index contributed by atoms with van der Waals surface area (Å²) in [6.45, 7) is -0.345. The molecule has 0 saturated carbocycles. The van der Waals surface area contributed by atoms with Crippen molar-refractivity contribution >= 4 is 11.0 Å². The Morgan fingerprint density at radius 3 is 3.00 bits per heavy atom. The summed E-state index contributed by atoms with van der Waals surface area (Å²) in [5.74, 6) is 0. The molecule has 9 nitrogen and oxygen atoms in total. The molecule has 1 saturated heterocycles. The third kappa shape index (κ3) is 1.79. The lowest BCUT2D eigenvalue weighted by Crippen LogP contribution is -2.33. The van der Waals surface area contributed by atoms with Crippen LogP contribution in [0.4, 0.5) is 0 Å². The molecule has 0 aromatic carbocycles. The molecular formula is C10H12N4O5. The van der Waals surface area contributed by atoms with Crippen molar-refractivity contribution in [3.63, 3.8) is 0 Å². The molecule has 1 aliphatic rings. The van der Waals surface area contributed by atoms with Gasteiger partial charge in [0.1, 0.15) is 23.4 Å². The zero-order valence-corrected chi connectivity index (χ0v) is 9.74. The molecule has 0 aliphatic carbocycles. The van der Waals surface area contributed by atoms with Crippen molar-refractivity contribution < 1.29 is 14.9 Å². The van der Waals surface area contributed by atoms with Gasteiger partial charge in [-0.3, -0.25) is 19.4 Å². The van der Waals surface area contributed by atoms with E-state index in [0.29, 0.717) is 0 Å². The summed E-state index contributed by atoms with van der Waals surface area (Å²) < 4.78 is 6.58. The first kappa shape index (κ1) is 12.1. The van der Waals surface area contributed by atoms with Gasteiger partial charge >= 0.3 is 5.69 Å². The second-order valence-electron chi connectivity index (χ2n) is 4.38. The van der Waals surface area contributed by atoms with Crippen molar-refractivity contribution in [2.24, 2.45) is 0 Å². The summed E-state index contributed by atoms with van der Waals surface area (Å²) in [7, 11) is 0. The first-order valence-electron chi connectivity index (χ1n) is 5.74. The Hall–Kier alpha value is -1.97. The van der Waals surface area contributed by atoms with E-state index in [1.54, 1.807) is 0 Å². The highest BCUT2D eigenvalue weighted by molar-refractivity contribution is 5.72. The Labute approximate surface area is 105 Å². The van der Waals surface area contributed by atoms with E-state index >= 15 is 0 Å². The second-order valence-corrected chi connectivity index (χ2v) is 4.38. The van der Waals surface area contributed by atoms with Crippen LogP contribution in [0, 0.1) is 0 Å². The quantitative estimate of drug-likeness (QED) is 0.500. The van der Waals surface area contributed by atoms with E-state index in [0.717, 1.165) is 0 Å². The smallest absolute Gasteiger partial charge is 0.332 e. The van der Waals surface area contributed by atoms with Gasteiger partial charge in [-0.1, -0.05) is 0 Å². The Morgan fingerprint density at radius 1 is 1.53 bits per heavy atom.